The van der Waals surface area contributed by atoms with Gasteiger partial charge in [-0.3, -0.25) is 9.78 Å². The third kappa shape index (κ3) is 4.80. The Morgan fingerprint density at radius 3 is 2.54 bits per heavy atom. The second-order valence-electron chi connectivity index (χ2n) is 5.81. The van der Waals surface area contributed by atoms with Gasteiger partial charge in [0.1, 0.15) is 5.69 Å². The van der Waals surface area contributed by atoms with Crippen LogP contribution in [0.15, 0.2) is 36.5 Å². The van der Waals surface area contributed by atoms with Gasteiger partial charge in [-0.1, -0.05) is 6.07 Å². The minimum atomic E-state index is -4.47. The Balaban J connectivity index is 0.00000169. The van der Waals surface area contributed by atoms with Crippen molar-refractivity contribution in [3.05, 3.63) is 58.9 Å². The number of hydrogen-bond acceptors (Lipinski definition) is 3. The molecule has 1 heterocycles. The lowest BCUT2D eigenvalue weighted by molar-refractivity contribution is -0.137. The Kier molecular flexibility index (Phi) is 7.29. The summed E-state index contributed by atoms with van der Waals surface area (Å²) in [5.41, 5.74) is 7.62. The van der Waals surface area contributed by atoms with E-state index in [0.717, 1.165) is 42.5 Å². The lowest BCUT2D eigenvalue weighted by Crippen LogP contribution is -2.31. The number of carbonyl (C=O) groups excluding carboxylic acids is 1. The van der Waals surface area contributed by atoms with Crippen LogP contribution in [-0.2, 0) is 12.6 Å². The first-order valence-corrected chi connectivity index (χ1v) is 7.57. The van der Waals surface area contributed by atoms with Crippen molar-refractivity contribution in [2.24, 2.45) is 0 Å². The maximum atomic E-state index is 12.5. The standard InChI is InChI=1S/C17H16F3N3O.2ClH/c18-17(19,20)11-4-7-15(22-9-11)16(24)23-14-3-1-2-10-8-12(21)5-6-13(10)14;;/h4-9,14H,1-3,21H2,(H,23,24);2*1H. The molecule has 2 aromatic rings. The molecule has 142 valence electrons. The van der Waals surface area contributed by atoms with E-state index in [4.69, 9.17) is 5.73 Å². The van der Waals surface area contributed by atoms with Crippen molar-refractivity contribution in [1.29, 1.82) is 0 Å². The summed E-state index contributed by atoms with van der Waals surface area (Å²) in [5.74, 6) is -0.488. The van der Waals surface area contributed by atoms with Crippen LogP contribution in [0.3, 0.4) is 0 Å². The highest BCUT2D eigenvalue weighted by Crippen LogP contribution is 2.31. The van der Waals surface area contributed by atoms with Crippen LogP contribution in [0.2, 0.25) is 0 Å². The fourth-order valence-corrected chi connectivity index (χ4v) is 2.91. The number of alkyl halides is 3. The number of carbonyl (C=O) groups is 1. The number of anilines is 1. The van der Waals surface area contributed by atoms with Gasteiger partial charge in [-0.05, 0) is 54.7 Å². The topological polar surface area (TPSA) is 68.0 Å². The number of rotatable bonds is 2. The van der Waals surface area contributed by atoms with Crippen LogP contribution in [0.4, 0.5) is 18.9 Å². The number of fused-ring (bicyclic) bond motifs is 1. The molecule has 1 unspecified atom stereocenters. The van der Waals surface area contributed by atoms with Gasteiger partial charge in [0, 0.05) is 11.9 Å². The molecule has 1 amide bonds. The molecule has 1 aliphatic carbocycles. The predicted octanol–water partition coefficient (Wildman–Crippen LogP) is 4.33. The highest BCUT2D eigenvalue weighted by atomic mass is 35.5. The SMILES string of the molecule is Cl.Cl.Nc1ccc2c(c1)CCCC2NC(=O)c1ccc(C(F)(F)F)cn1. The fraction of sp³-hybridized carbons (Fsp3) is 0.294. The van der Waals surface area contributed by atoms with Gasteiger partial charge in [0.15, 0.2) is 0 Å². The number of hydrogen-bond donors (Lipinski definition) is 2. The summed E-state index contributed by atoms with van der Waals surface area (Å²) >= 11 is 0. The molecule has 0 spiro atoms. The number of aromatic nitrogens is 1. The number of nitrogens with zero attached hydrogens (tertiary/aromatic N) is 1. The van der Waals surface area contributed by atoms with E-state index in [0.29, 0.717) is 11.9 Å². The van der Waals surface area contributed by atoms with Crippen LogP contribution >= 0.6 is 24.8 Å². The van der Waals surface area contributed by atoms with Crippen LogP contribution in [0, 0.1) is 0 Å². The number of benzene rings is 1. The minimum Gasteiger partial charge on any atom is -0.399 e. The first-order chi connectivity index (χ1) is 11.3. The molecule has 0 aliphatic heterocycles. The number of halogens is 5. The largest absolute Gasteiger partial charge is 0.417 e. The van der Waals surface area contributed by atoms with E-state index < -0.39 is 17.6 Å². The van der Waals surface area contributed by atoms with E-state index in [1.165, 1.54) is 0 Å². The molecule has 1 aromatic carbocycles. The molecule has 0 saturated carbocycles. The van der Waals surface area contributed by atoms with Crippen molar-refractivity contribution < 1.29 is 18.0 Å². The van der Waals surface area contributed by atoms with Gasteiger partial charge in [-0.15, -0.1) is 24.8 Å². The third-order valence-corrected chi connectivity index (χ3v) is 4.11. The maximum absolute atomic E-state index is 12.5. The van der Waals surface area contributed by atoms with E-state index in [2.05, 4.69) is 10.3 Å². The average molecular weight is 408 g/mol. The van der Waals surface area contributed by atoms with Gasteiger partial charge < -0.3 is 11.1 Å². The fourth-order valence-electron chi connectivity index (χ4n) is 2.91. The van der Waals surface area contributed by atoms with Crippen molar-refractivity contribution >= 4 is 36.4 Å². The zero-order valence-corrected chi connectivity index (χ0v) is 15.2. The first-order valence-electron chi connectivity index (χ1n) is 7.57. The number of amides is 1. The van der Waals surface area contributed by atoms with Crippen molar-refractivity contribution in [1.82, 2.24) is 10.3 Å². The third-order valence-electron chi connectivity index (χ3n) is 4.11. The molecule has 1 aromatic heterocycles. The monoisotopic (exact) mass is 407 g/mol. The molecule has 3 rings (SSSR count). The minimum absolute atomic E-state index is 0. The molecule has 3 N–H and O–H groups in total. The van der Waals surface area contributed by atoms with Crippen molar-refractivity contribution in [3.8, 4) is 0 Å². The average Bonchev–Trinajstić information content (AvgIpc) is 2.54. The smallest absolute Gasteiger partial charge is 0.399 e. The Morgan fingerprint density at radius 2 is 1.92 bits per heavy atom. The number of nitrogen functional groups attached to an aromatic ring is 1. The lowest BCUT2D eigenvalue weighted by atomic mass is 9.87. The van der Waals surface area contributed by atoms with Gasteiger partial charge >= 0.3 is 6.18 Å². The van der Waals surface area contributed by atoms with Gasteiger partial charge in [0.2, 0.25) is 0 Å². The zero-order valence-electron chi connectivity index (χ0n) is 13.5. The molecule has 0 saturated heterocycles. The van der Waals surface area contributed by atoms with Crippen molar-refractivity contribution in [2.75, 3.05) is 5.73 Å². The lowest BCUT2D eigenvalue weighted by Gasteiger charge is -2.26. The van der Waals surface area contributed by atoms with Crippen LogP contribution in [0.1, 0.15) is 46.1 Å². The summed E-state index contributed by atoms with van der Waals surface area (Å²) in [6.45, 7) is 0. The van der Waals surface area contributed by atoms with Crippen molar-refractivity contribution in [3.63, 3.8) is 0 Å². The molecule has 1 atom stereocenters. The van der Waals surface area contributed by atoms with Crippen LogP contribution in [0.5, 0.6) is 0 Å². The summed E-state index contributed by atoms with van der Waals surface area (Å²) in [6.07, 6.45) is -1.23. The van der Waals surface area contributed by atoms with Gasteiger partial charge in [0.05, 0.1) is 11.6 Å². The molecule has 9 heteroatoms. The highest BCUT2D eigenvalue weighted by molar-refractivity contribution is 5.92. The van der Waals surface area contributed by atoms with Crippen LogP contribution < -0.4 is 11.1 Å². The van der Waals surface area contributed by atoms with E-state index in [1.807, 2.05) is 12.1 Å². The maximum Gasteiger partial charge on any atom is 0.417 e. The number of nitrogens with two attached hydrogens (primary N) is 1. The van der Waals surface area contributed by atoms with Gasteiger partial charge in [-0.2, -0.15) is 13.2 Å². The second kappa shape index (κ2) is 8.60. The van der Waals surface area contributed by atoms with E-state index >= 15 is 0 Å². The van der Waals surface area contributed by atoms with Crippen LogP contribution in [-0.4, -0.2) is 10.9 Å². The predicted molar refractivity (Wildman–Crippen MR) is 97.7 cm³/mol. The molecular weight excluding hydrogens is 390 g/mol. The van der Waals surface area contributed by atoms with E-state index in [-0.39, 0.29) is 36.5 Å². The quantitative estimate of drug-likeness (QED) is 0.727. The molecule has 1 aliphatic rings. The first kappa shape index (κ1) is 22.1. The van der Waals surface area contributed by atoms with E-state index in [9.17, 15) is 18.0 Å². The van der Waals surface area contributed by atoms with E-state index in [1.54, 1.807) is 6.07 Å². The Hall–Kier alpha value is -1.99. The summed E-state index contributed by atoms with van der Waals surface area (Å²) in [7, 11) is 0. The van der Waals surface area contributed by atoms with Crippen LogP contribution in [0.25, 0.3) is 0 Å². The molecule has 26 heavy (non-hydrogen) atoms. The Labute approximate surface area is 161 Å². The van der Waals surface area contributed by atoms with Crippen molar-refractivity contribution in [2.45, 2.75) is 31.5 Å². The number of aryl methyl sites for hydroxylation is 1. The van der Waals surface area contributed by atoms with Gasteiger partial charge in [0.25, 0.3) is 5.91 Å². The summed E-state index contributed by atoms with van der Waals surface area (Å²) in [6, 6.07) is 7.31. The molecular formula is C17H18Cl2F3N3O. The summed E-state index contributed by atoms with van der Waals surface area (Å²) < 4.78 is 37.6. The normalized spacial score (nSPS) is 15.9. The number of nitrogens with one attached hydrogen (secondary N) is 1. The molecule has 0 bridgehead atoms. The molecule has 4 nitrogen and oxygen atoms in total. The summed E-state index contributed by atoms with van der Waals surface area (Å²) in [5, 5.41) is 2.85. The van der Waals surface area contributed by atoms with Gasteiger partial charge in [-0.25, -0.2) is 0 Å². The Morgan fingerprint density at radius 1 is 1.19 bits per heavy atom. The molecule has 0 radical (unpaired) electrons. The Bertz CT molecular complexity index is 767. The number of pyridine rings is 1. The zero-order chi connectivity index (χ0) is 17.3. The second-order valence-corrected chi connectivity index (χ2v) is 5.81. The molecule has 0 fully saturated rings. The summed E-state index contributed by atoms with van der Waals surface area (Å²) in [4.78, 5) is 15.9. The highest BCUT2D eigenvalue weighted by Gasteiger charge is 2.31.